The Morgan fingerprint density at radius 2 is 2.17 bits per heavy atom. The van der Waals surface area contributed by atoms with Crippen LogP contribution >= 0.6 is 0 Å². The van der Waals surface area contributed by atoms with Crippen LogP contribution in [-0.2, 0) is 14.2 Å². The van der Waals surface area contributed by atoms with Gasteiger partial charge in [-0.2, -0.15) is 0 Å². The molecule has 0 aromatic rings. The second-order valence-corrected chi connectivity index (χ2v) is 5.45. The lowest BCUT2D eigenvalue weighted by Gasteiger charge is -2.22. The molecule has 5 nitrogen and oxygen atoms in total. The van der Waals surface area contributed by atoms with Gasteiger partial charge in [0.05, 0.1) is 6.61 Å². The van der Waals surface area contributed by atoms with E-state index in [4.69, 9.17) is 14.2 Å². The van der Waals surface area contributed by atoms with Gasteiger partial charge in [0.1, 0.15) is 5.60 Å². The standard InChI is InChI=1S/C13H25NO4/c1-13(2,3)18-12(15)14-8-6-10-17-11-7-4-5-9-16-11/h11H,4-10H2,1-3H3,(H,14,15). The van der Waals surface area contributed by atoms with Crippen molar-refractivity contribution in [2.75, 3.05) is 19.8 Å². The smallest absolute Gasteiger partial charge is 0.407 e. The van der Waals surface area contributed by atoms with Crippen molar-refractivity contribution >= 4 is 6.09 Å². The van der Waals surface area contributed by atoms with Crippen molar-refractivity contribution in [2.45, 2.75) is 58.3 Å². The van der Waals surface area contributed by atoms with Crippen molar-refractivity contribution < 1.29 is 19.0 Å². The summed E-state index contributed by atoms with van der Waals surface area (Å²) >= 11 is 0. The molecule has 1 aliphatic rings. The molecular weight excluding hydrogens is 234 g/mol. The maximum absolute atomic E-state index is 11.3. The highest BCUT2D eigenvalue weighted by Crippen LogP contribution is 2.13. The van der Waals surface area contributed by atoms with Crippen LogP contribution in [0.2, 0.25) is 0 Å². The van der Waals surface area contributed by atoms with E-state index in [0.29, 0.717) is 13.2 Å². The molecule has 0 aliphatic carbocycles. The molecule has 1 saturated heterocycles. The first-order valence-electron chi connectivity index (χ1n) is 6.67. The monoisotopic (exact) mass is 259 g/mol. The lowest BCUT2D eigenvalue weighted by molar-refractivity contribution is -0.162. The van der Waals surface area contributed by atoms with E-state index in [9.17, 15) is 4.79 Å². The number of rotatable bonds is 5. The van der Waals surface area contributed by atoms with E-state index in [-0.39, 0.29) is 12.4 Å². The summed E-state index contributed by atoms with van der Waals surface area (Å²) in [6.07, 6.45) is 3.59. The summed E-state index contributed by atoms with van der Waals surface area (Å²) in [5.74, 6) is 0. The van der Waals surface area contributed by atoms with Gasteiger partial charge in [0.15, 0.2) is 6.29 Å². The molecule has 1 N–H and O–H groups in total. The normalized spacial score (nSPS) is 20.5. The second-order valence-electron chi connectivity index (χ2n) is 5.45. The van der Waals surface area contributed by atoms with Gasteiger partial charge in [-0.05, 0) is 46.5 Å². The van der Waals surface area contributed by atoms with Crippen molar-refractivity contribution in [3.8, 4) is 0 Å². The highest BCUT2D eigenvalue weighted by atomic mass is 16.7. The zero-order valence-corrected chi connectivity index (χ0v) is 11.7. The third kappa shape index (κ3) is 7.50. The van der Waals surface area contributed by atoms with Crippen LogP contribution in [0.1, 0.15) is 46.5 Å². The fourth-order valence-corrected chi connectivity index (χ4v) is 1.63. The Hall–Kier alpha value is -0.810. The maximum Gasteiger partial charge on any atom is 0.407 e. The van der Waals surface area contributed by atoms with Crippen LogP contribution in [0.25, 0.3) is 0 Å². The Labute approximate surface area is 109 Å². The molecule has 0 radical (unpaired) electrons. The van der Waals surface area contributed by atoms with Crippen LogP contribution < -0.4 is 5.32 Å². The molecule has 1 atom stereocenters. The van der Waals surface area contributed by atoms with Crippen LogP contribution in [0.4, 0.5) is 4.79 Å². The molecule has 0 aromatic heterocycles. The fraction of sp³-hybridized carbons (Fsp3) is 0.923. The third-order valence-electron chi connectivity index (χ3n) is 2.43. The van der Waals surface area contributed by atoms with E-state index in [1.165, 1.54) is 6.42 Å². The fourth-order valence-electron chi connectivity index (χ4n) is 1.63. The highest BCUT2D eigenvalue weighted by Gasteiger charge is 2.16. The summed E-state index contributed by atoms with van der Waals surface area (Å²) in [7, 11) is 0. The van der Waals surface area contributed by atoms with Gasteiger partial charge in [-0.15, -0.1) is 0 Å². The number of hydrogen-bond acceptors (Lipinski definition) is 4. The molecule has 1 unspecified atom stereocenters. The van der Waals surface area contributed by atoms with Gasteiger partial charge < -0.3 is 19.5 Å². The van der Waals surface area contributed by atoms with Crippen molar-refractivity contribution in [1.82, 2.24) is 5.32 Å². The Morgan fingerprint density at radius 3 is 2.78 bits per heavy atom. The van der Waals surface area contributed by atoms with E-state index >= 15 is 0 Å². The van der Waals surface area contributed by atoms with Gasteiger partial charge >= 0.3 is 6.09 Å². The Bertz CT molecular complexity index is 244. The van der Waals surface area contributed by atoms with E-state index in [2.05, 4.69) is 5.32 Å². The number of ether oxygens (including phenoxy) is 3. The molecule has 0 saturated carbocycles. The van der Waals surface area contributed by atoms with Crippen LogP contribution in [0.3, 0.4) is 0 Å². The van der Waals surface area contributed by atoms with Gasteiger partial charge in [0, 0.05) is 13.2 Å². The number of hydrogen-bond donors (Lipinski definition) is 1. The number of carbonyl (C=O) groups excluding carboxylic acids is 1. The Morgan fingerprint density at radius 1 is 1.39 bits per heavy atom. The molecule has 18 heavy (non-hydrogen) atoms. The Balaban J connectivity index is 1.96. The van der Waals surface area contributed by atoms with Crippen molar-refractivity contribution in [3.05, 3.63) is 0 Å². The van der Waals surface area contributed by atoms with E-state index in [1.54, 1.807) is 0 Å². The molecule has 0 aromatic carbocycles. The van der Waals surface area contributed by atoms with E-state index in [1.807, 2.05) is 20.8 Å². The summed E-state index contributed by atoms with van der Waals surface area (Å²) in [6, 6.07) is 0. The van der Waals surface area contributed by atoms with Crippen LogP contribution in [0.15, 0.2) is 0 Å². The molecule has 106 valence electrons. The first-order chi connectivity index (χ1) is 8.47. The molecule has 5 heteroatoms. The van der Waals surface area contributed by atoms with Crippen molar-refractivity contribution in [1.29, 1.82) is 0 Å². The average molecular weight is 259 g/mol. The molecule has 0 spiro atoms. The average Bonchev–Trinajstić information content (AvgIpc) is 2.27. The van der Waals surface area contributed by atoms with Gasteiger partial charge in [0.2, 0.25) is 0 Å². The maximum atomic E-state index is 11.3. The lowest BCUT2D eigenvalue weighted by Crippen LogP contribution is -2.33. The second kappa shape index (κ2) is 7.59. The number of nitrogens with one attached hydrogen (secondary N) is 1. The summed E-state index contributed by atoms with van der Waals surface area (Å²) in [4.78, 5) is 11.3. The largest absolute Gasteiger partial charge is 0.444 e. The van der Waals surface area contributed by atoms with Crippen LogP contribution in [0.5, 0.6) is 0 Å². The van der Waals surface area contributed by atoms with Crippen molar-refractivity contribution in [2.24, 2.45) is 0 Å². The SMILES string of the molecule is CC(C)(C)OC(=O)NCCCOC1CCCCO1. The quantitative estimate of drug-likeness (QED) is 0.770. The number of alkyl carbamates (subject to hydrolysis) is 1. The third-order valence-corrected chi connectivity index (χ3v) is 2.43. The number of carbonyl (C=O) groups is 1. The molecule has 1 amide bonds. The van der Waals surface area contributed by atoms with Crippen LogP contribution in [0, 0.1) is 0 Å². The Kier molecular flexibility index (Phi) is 6.43. The summed E-state index contributed by atoms with van der Waals surface area (Å²) in [5, 5.41) is 2.69. The molecule has 0 bridgehead atoms. The molecule has 1 rings (SSSR count). The molecule has 1 aliphatic heterocycles. The zero-order valence-electron chi connectivity index (χ0n) is 11.7. The van der Waals surface area contributed by atoms with Crippen LogP contribution in [-0.4, -0.2) is 37.7 Å². The number of amides is 1. The predicted molar refractivity (Wildman–Crippen MR) is 68.4 cm³/mol. The highest BCUT2D eigenvalue weighted by molar-refractivity contribution is 5.67. The zero-order chi connectivity index (χ0) is 13.4. The van der Waals surface area contributed by atoms with Gasteiger partial charge in [-0.25, -0.2) is 4.79 Å². The first kappa shape index (κ1) is 15.2. The van der Waals surface area contributed by atoms with Gasteiger partial charge in [-0.3, -0.25) is 0 Å². The minimum absolute atomic E-state index is 0.0553. The summed E-state index contributed by atoms with van der Waals surface area (Å²) in [5.41, 5.74) is -0.448. The van der Waals surface area contributed by atoms with Gasteiger partial charge in [0.25, 0.3) is 0 Å². The van der Waals surface area contributed by atoms with E-state index < -0.39 is 5.60 Å². The lowest BCUT2D eigenvalue weighted by atomic mass is 10.2. The minimum atomic E-state index is -0.448. The summed E-state index contributed by atoms with van der Waals surface area (Å²) < 4.78 is 16.1. The minimum Gasteiger partial charge on any atom is -0.444 e. The van der Waals surface area contributed by atoms with Crippen molar-refractivity contribution in [3.63, 3.8) is 0 Å². The molecule has 1 heterocycles. The summed E-state index contributed by atoms with van der Waals surface area (Å²) in [6.45, 7) is 7.48. The predicted octanol–water partition coefficient (Wildman–Crippen LogP) is 2.44. The first-order valence-corrected chi connectivity index (χ1v) is 6.67. The molecular formula is C13H25NO4. The van der Waals surface area contributed by atoms with E-state index in [0.717, 1.165) is 25.9 Å². The molecule has 1 fully saturated rings. The van der Waals surface area contributed by atoms with Gasteiger partial charge in [-0.1, -0.05) is 0 Å². The topological polar surface area (TPSA) is 56.8 Å².